The zero-order chi connectivity index (χ0) is 8.10. The molecular weight excluding hydrogens is 141 g/mol. The zero-order valence-electron chi connectivity index (χ0n) is 6.60. The maximum atomic E-state index is 12.9. The second-order valence-corrected chi connectivity index (χ2v) is 2.44. The smallest absolute Gasteiger partial charge is 0.126 e. The third kappa shape index (κ3) is 2.31. The van der Waals surface area contributed by atoms with Gasteiger partial charge in [-0.1, -0.05) is 18.2 Å². The molecule has 0 unspecified atom stereocenters. The Balaban J connectivity index is 0.00000121. The second-order valence-electron chi connectivity index (χ2n) is 2.44. The molecule has 0 radical (unpaired) electrons. The summed E-state index contributed by atoms with van der Waals surface area (Å²) in [4.78, 5) is 0. The van der Waals surface area contributed by atoms with Crippen molar-refractivity contribution in [2.24, 2.45) is 0 Å². The molecule has 2 heteroatoms. The van der Waals surface area contributed by atoms with E-state index in [0.29, 0.717) is 0 Å². The van der Waals surface area contributed by atoms with Crippen LogP contribution in [0.25, 0.3) is 0 Å². The van der Waals surface area contributed by atoms with Crippen LogP contribution in [-0.4, -0.2) is 13.6 Å². The summed E-state index contributed by atoms with van der Waals surface area (Å²) in [5.41, 5.74) is 0.779. The summed E-state index contributed by atoms with van der Waals surface area (Å²) in [5, 5.41) is 2.98. The van der Waals surface area contributed by atoms with Crippen LogP contribution >= 0.6 is 0 Å². The normalized spacial score (nSPS) is 10.0. The van der Waals surface area contributed by atoms with Crippen LogP contribution in [0.2, 0.25) is 0 Å². The number of benzene rings is 1. The standard InChI is InChI=1S/C9H12FN.H2/c1-11-7-6-8-4-2-3-5-9(8)10;/h2-5,11H,6-7H2,1H3;1H. The highest BCUT2D eigenvalue weighted by Crippen LogP contribution is 2.05. The first-order valence-corrected chi connectivity index (χ1v) is 3.72. The van der Waals surface area contributed by atoms with Crippen molar-refractivity contribution in [2.75, 3.05) is 13.6 Å². The highest BCUT2D eigenvalue weighted by molar-refractivity contribution is 5.17. The first-order valence-electron chi connectivity index (χ1n) is 3.72. The lowest BCUT2D eigenvalue weighted by Gasteiger charge is -2.00. The fourth-order valence-electron chi connectivity index (χ4n) is 0.961. The monoisotopic (exact) mass is 155 g/mol. The molecule has 0 saturated heterocycles. The average Bonchev–Trinajstić information content (AvgIpc) is 2.03. The van der Waals surface area contributed by atoms with Crippen molar-refractivity contribution >= 4 is 0 Å². The van der Waals surface area contributed by atoms with Crippen molar-refractivity contribution in [1.29, 1.82) is 0 Å². The molecule has 0 aliphatic rings. The molecule has 0 aromatic heterocycles. The second kappa shape index (κ2) is 4.09. The molecule has 0 aliphatic carbocycles. The fraction of sp³-hybridized carbons (Fsp3) is 0.333. The van der Waals surface area contributed by atoms with Crippen molar-refractivity contribution in [3.8, 4) is 0 Å². The van der Waals surface area contributed by atoms with E-state index in [4.69, 9.17) is 0 Å². The molecule has 1 aromatic rings. The molecule has 0 atom stereocenters. The van der Waals surface area contributed by atoms with Crippen LogP contribution in [0.1, 0.15) is 6.99 Å². The molecule has 0 heterocycles. The van der Waals surface area contributed by atoms with Gasteiger partial charge in [0.2, 0.25) is 0 Å². The third-order valence-electron chi connectivity index (χ3n) is 1.60. The largest absolute Gasteiger partial charge is 0.319 e. The Morgan fingerprint density at radius 3 is 2.82 bits per heavy atom. The van der Waals surface area contributed by atoms with Crippen LogP contribution in [0.3, 0.4) is 0 Å². The Morgan fingerprint density at radius 1 is 1.45 bits per heavy atom. The maximum Gasteiger partial charge on any atom is 0.126 e. The van der Waals surface area contributed by atoms with Gasteiger partial charge >= 0.3 is 0 Å². The quantitative estimate of drug-likeness (QED) is 0.702. The van der Waals surface area contributed by atoms with Gasteiger partial charge in [-0.2, -0.15) is 0 Å². The summed E-state index contributed by atoms with van der Waals surface area (Å²) in [6, 6.07) is 6.87. The predicted octanol–water partition coefficient (Wildman–Crippen LogP) is 1.83. The molecule has 0 saturated carbocycles. The fourth-order valence-corrected chi connectivity index (χ4v) is 0.961. The van der Waals surface area contributed by atoms with Crippen LogP contribution in [0.15, 0.2) is 24.3 Å². The number of halogens is 1. The van der Waals surface area contributed by atoms with Gasteiger partial charge in [-0.3, -0.25) is 0 Å². The Morgan fingerprint density at radius 2 is 2.18 bits per heavy atom. The highest BCUT2D eigenvalue weighted by Gasteiger charge is 1.97. The van der Waals surface area contributed by atoms with E-state index in [2.05, 4.69) is 5.32 Å². The van der Waals surface area contributed by atoms with E-state index in [1.807, 2.05) is 19.2 Å². The number of rotatable bonds is 3. The third-order valence-corrected chi connectivity index (χ3v) is 1.60. The summed E-state index contributed by atoms with van der Waals surface area (Å²) >= 11 is 0. The van der Waals surface area contributed by atoms with Gasteiger partial charge in [-0.05, 0) is 31.6 Å². The zero-order valence-corrected chi connectivity index (χ0v) is 6.60. The van der Waals surface area contributed by atoms with E-state index in [9.17, 15) is 4.39 Å². The summed E-state index contributed by atoms with van der Waals surface area (Å²) in [6.07, 6.45) is 0.753. The predicted molar refractivity (Wildman–Crippen MR) is 46.1 cm³/mol. The molecule has 0 bridgehead atoms. The number of nitrogens with one attached hydrogen (secondary N) is 1. The minimum absolute atomic E-state index is 0. The molecule has 0 amide bonds. The summed E-state index contributed by atoms with van der Waals surface area (Å²) in [6.45, 7) is 0.820. The van der Waals surface area contributed by atoms with E-state index < -0.39 is 0 Å². The van der Waals surface area contributed by atoms with Gasteiger partial charge in [0.15, 0.2) is 0 Å². The van der Waals surface area contributed by atoms with Gasteiger partial charge in [-0.15, -0.1) is 0 Å². The summed E-state index contributed by atoms with van der Waals surface area (Å²) in [7, 11) is 1.86. The number of hydrogen-bond acceptors (Lipinski definition) is 1. The van der Waals surface area contributed by atoms with Crippen LogP contribution in [0.4, 0.5) is 4.39 Å². The maximum absolute atomic E-state index is 12.9. The number of likely N-dealkylation sites (N-methyl/N-ethyl adjacent to an activating group) is 1. The summed E-state index contributed by atoms with van der Waals surface area (Å²) < 4.78 is 12.9. The molecule has 0 aliphatic heterocycles. The van der Waals surface area contributed by atoms with Crippen molar-refractivity contribution in [2.45, 2.75) is 6.42 Å². The molecule has 1 aromatic carbocycles. The van der Waals surface area contributed by atoms with Crippen LogP contribution in [0.5, 0.6) is 0 Å². The Labute approximate surface area is 67.7 Å². The Bertz CT molecular complexity index is 228. The molecule has 1 N–H and O–H groups in total. The van der Waals surface area contributed by atoms with Crippen LogP contribution in [-0.2, 0) is 6.42 Å². The first kappa shape index (κ1) is 8.21. The van der Waals surface area contributed by atoms with E-state index in [1.165, 1.54) is 6.07 Å². The van der Waals surface area contributed by atoms with Crippen LogP contribution < -0.4 is 5.32 Å². The van der Waals surface area contributed by atoms with E-state index in [1.54, 1.807) is 6.07 Å². The van der Waals surface area contributed by atoms with Crippen molar-refractivity contribution < 1.29 is 5.82 Å². The lowest BCUT2D eigenvalue weighted by molar-refractivity contribution is 0.605. The molecular formula is C9H14FN. The molecule has 0 spiro atoms. The minimum Gasteiger partial charge on any atom is -0.319 e. The van der Waals surface area contributed by atoms with Crippen molar-refractivity contribution in [3.63, 3.8) is 0 Å². The van der Waals surface area contributed by atoms with Gasteiger partial charge in [0.05, 0.1) is 0 Å². The topological polar surface area (TPSA) is 12.0 Å². The molecule has 1 rings (SSSR count). The summed E-state index contributed by atoms with van der Waals surface area (Å²) in [5.74, 6) is -0.109. The van der Waals surface area contributed by atoms with Gasteiger partial charge in [0.1, 0.15) is 5.82 Å². The van der Waals surface area contributed by atoms with Gasteiger partial charge < -0.3 is 5.32 Å². The molecule has 62 valence electrons. The van der Waals surface area contributed by atoms with Crippen molar-refractivity contribution in [3.05, 3.63) is 35.6 Å². The van der Waals surface area contributed by atoms with Gasteiger partial charge in [0.25, 0.3) is 0 Å². The lowest BCUT2D eigenvalue weighted by atomic mass is 10.1. The highest BCUT2D eigenvalue weighted by atomic mass is 19.1. The molecule has 1 nitrogen and oxygen atoms in total. The van der Waals surface area contributed by atoms with Crippen LogP contribution in [0, 0.1) is 5.82 Å². The lowest BCUT2D eigenvalue weighted by Crippen LogP contribution is -2.10. The number of hydrogen-bond donors (Lipinski definition) is 1. The molecule has 11 heavy (non-hydrogen) atoms. The van der Waals surface area contributed by atoms with E-state index in [0.717, 1.165) is 18.5 Å². The minimum atomic E-state index is -0.109. The van der Waals surface area contributed by atoms with Gasteiger partial charge in [-0.25, -0.2) is 4.39 Å². The van der Waals surface area contributed by atoms with E-state index >= 15 is 0 Å². The molecule has 0 fully saturated rings. The first-order chi connectivity index (χ1) is 5.34. The van der Waals surface area contributed by atoms with Crippen molar-refractivity contribution in [1.82, 2.24) is 5.32 Å². The SMILES string of the molecule is CNCCc1ccccc1F.[HH]. The average molecular weight is 155 g/mol. The van der Waals surface area contributed by atoms with E-state index in [-0.39, 0.29) is 7.24 Å². The Hall–Kier alpha value is -0.890. The Kier molecular flexibility index (Phi) is 3.05. The van der Waals surface area contributed by atoms with Gasteiger partial charge in [0, 0.05) is 1.43 Å².